The summed E-state index contributed by atoms with van der Waals surface area (Å²) in [6.45, 7) is 5.68. The minimum absolute atomic E-state index is 0.127. The Balaban J connectivity index is 2.19. The Morgan fingerprint density at radius 1 is 1.42 bits per heavy atom. The van der Waals surface area contributed by atoms with Crippen molar-refractivity contribution < 1.29 is 4.79 Å². The Hall–Kier alpha value is -2.72. The van der Waals surface area contributed by atoms with Crippen molar-refractivity contribution in [2.24, 2.45) is 0 Å². The summed E-state index contributed by atoms with van der Waals surface area (Å²) in [6.07, 6.45) is 1.66. The highest BCUT2D eigenvalue weighted by Gasteiger charge is 2.19. The molecule has 24 heavy (non-hydrogen) atoms. The summed E-state index contributed by atoms with van der Waals surface area (Å²) < 4.78 is 1.80. The van der Waals surface area contributed by atoms with Gasteiger partial charge in [-0.1, -0.05) is 6.07 Å². The van der Waals surface area contributed by atoms with Crippen molar-refractivity contribution >= 4 is 28.3 Å². The Bertz CT molecular complexity index is 921. The van der Waals surface area contributed by atoms with Crippen LogP contribution >= 0.6 is 11.3 Å². The highest BCUT2D eigenvalue weighted by molar-refractivity contribution is 7.13. The topological polar surface area (TPSA) is 83.6 Å². The lowest BCUT2D eigenvalue weighted by atomic mass is 10.1. The predicted octanol–water partition coefficient (Wildman–Crippen LogP) is 3.38. The lowest BCUT2D eigenvalue weighted by Crippen LogP contribution is -2.31. The van der Waals surface area contributed by atoms with Gasteiger partial charge in [0.05, 0.1) is 33.8 Å². The first kappa shape index (κ1) is 16.1. The molecule has 3 aromatic heterocycles. The number of nitrogens with one attached hydrogen (secondary N) is 1. The molecule has 3 aromatic rings. The number of thiophene rings is 1. The van der Waals surface area contributed by atoms with Crippen molar-refractivity contribution in [1.29, 1.82) is 5.26 Å². The van der Waals surface area contributed by atoms with E-state index in [0.717, 1.165) is 10.6 Å². The van der Waals surface area contributed by atoms with Gasteiger partial charge in [-0.15, -0.1) is 11.3 Å². The quantitative estimate of drug-likeness (QED) is 0.790. The minimum Gasteiger partial charge on any atom is -0.337 e. The molecule has 7 heteroatoms. The van der Waals surface area contributed by atoms with Crippen LogP contribution in [0.25, 0.3) is 21.6 Å². The first-order valence-corrected chi connectivity index (χ1v) is 8.52. The number of aromatic nitrogens is 3. The Kier molecular flexibility index (Phi) is 4.32. The summed E-state index contributed by atoms with van der Waals surface area (Å²) in [5.74, 6) is -0.294. The van der Waals surface area contributed by atoms with Crippen LogP contribution in [0, 0.1) is 11.3 Å². The van der Waals surface area contributed by atoms with Crippen LogP contribution in [0.5, 0.6) is 0 Å². The van der Waals surface area contributed by atoms with Crippen LogP contribution in [0.15, 0.2) is 29.8 Å². The number of pyridine rings is 1. The van der Waals surface area contributed by atoms with Crippen LogP contribution in [-0.4, -0.2) is 26.7 Å². The molecule has 0 aliphatic heterocycles. The lowest BCUT2D eigenvalue weighted by Gasteiger charge is -2.11. The predicted molar refractivity (Wildman–Crippen MR) is 93.8 cm³/mol. The van der Waals surface area contributed by atoms with Crippen LogP contribution in [0.3, 0.4) is 0 Å². The van der Waals surface area contributed by atoms with E-state index in [1.54, 1.807) is 35.2 Å². The molecular weight excluding hydrogens is 322 g/mol. The Morgan fingerprint density at radius 3 is 2.83 bits per heavy atom. The molecule has 1 atom stereocenters. The molecular formula is C17H17N5OS. The average Bonchev–Trinajstić information content (AvgIpc) is 3.22. The fraction of sp³-hybridized carbons (Fsp3) is 0.294. The fourth-order valence-corrected chi connectivity index (χ4v) is 3.13. The number of carbonyl (C=O) groups is 1. The van der Waals surface area contributed by atoms with E-state index in [0.29, 0.717) is 16.6 Å². The SMILES string of the molecule is CC(C)n1ncc2c(C(=O)N[C@@H](C)C#N)cc(-c3cccs3)nc21. The zero-order valence-corrected chi connectivity index (χ0v) is 14.5. The standard InChI is InChI=1S/C17H17N5OS/c1-10(2)22-16-13(9-19-22)12(17(23)20-11(3)8-18)7-14(21-16)15-5-4-6-24-15/h4-7,9-11H,1-3H3,(H,20,23)/t11-/m0/s1. The van der Waals surface area contributed by atoms with Gasteiger partial charge in [-0.3, -0.25) is 4.79 Å². The summed E-state index contributed by atoms with van der Waals surface area (Å²) in [4.78, 5) is 18.3. The normalized spacial score (nSPS) is 12.3. The smallest absolute Gasteiger partial charge is 0.253 e. The van der Waals surface area contributed by atoms with Crippen molar-refractivity contribution in [2.45, 2.75) is 32.9 Å². The van der Waals surface area contributed by atoms with Crippen molar-refractivity contribution in [3.63, 3.8) is 0 Å². The van der Waals surface area contributed by atoms with E-state index in [1.165, 1.54) is 0 Å². The zero-order valence-electron chi connectivity index (χ0n) is 13.6. The van der Waals surface area contributed by atoms with Crippen LogP contribution in [0.1, 0.15) is 37.2 Å². The molecule has 0 aromatic carbocycles. The molecule has 1 N–H and O–H groups in total. The number of fused-ring (bicyclic) bond motifs is 1. The maximum Gasteiger partial charge on any atom is 0.253 e. The first-order chi connectivity index (χ1) is 11.5. The molecule has 0 saturated carbocycles. The van der Waals surface area contributed by atoms with Gasteiger partial charge < -0.3 is 5.32 Å². The summed E-state index contributed by atoms with van der Waals surface area (Å²) >= 11 is 1.56. The number of nitriles is 1. The van der Waals surface area contributed by atoms with E-state index in [2.05, 4.69) is 10.4 Å². The third-order valence-corrected chi connectivity index (χ3v) is 4.51. The van der Waals surface area contributed by atoms with Crippen molar-refractivity contribution in [1.82, 2.24) is 20.1 Å². The third kappa shape index (κ3) is 2.88. The molecule has 0 saturated heterocycles. The van der Waals surface area contributed by atoms with Gasteiger partial charge in [0.25, 0.3) is 5.91 Å². The molecule has 0 aliphatic carbocycles. The van der Waals surface area contributed by atoms with Gasteiger partial charge in [-0.25, -0.2) is 9.67 Å². The summed E-state index contributed by atoms with van der Waals surface area (Å²) in [5, 5.41) is 18.7. The molecule has 1 amide bonds. The molecule has 3 heterocycles. The number of rotatable bonds is 4. The molecule has 0 aliphatic rings. The van der Waals surface area contributed by atoms with Crippen LogP contribution in [0.4, 0.5) is 0 Å². The second-order valence-electron chi connectivity index (χ2n) is 5.78. The van der Waals surface area contributed by atoms with Gasteiger partial charge in [0.2, 0.25) is 0 Å². The van der Waals surface area contributed by atoms with Crippen LogP contribution in [-0.2, 0) is 0 Å². The number of amides is 1. The third-order valence-electron chi connectivity index (χ3n) is 3.62. The second-order valence-corrected chi connectivity index (χ2v) is 6.72. The summed E-state index contributed by atoms with van der Waals surface area (Å²) in [6, 6.07) is 7.25. The van der Waals surface area contributed by atoms with Crippen molar-refractivity contribution in [3.8, 4) is 16.6 Å². The highest BCUT2D eigenvalue weighted by Crippen LogP contribution is 2.28. The van der Waals surface area contributed by atoms with E-state index >= 15 is 0 Å². The molecule has 0 radical (unpaired) electrons. The molecule has 0 bridgehead atoms. The first-order valence-electron chi connectivity index (χ1n) is 7.64. The molecule has 6 nitrogen and oxygen atoms in total. The van der Waals surface area contributed by atoms with E-state index in [9.17, 15) is 4.79 Å². The number of hydrogen-bond acceptors (Lipinski definition) is 5. The van der Waals surface area contributed by atoms with Gasteiger partial charge in [0, 0.05) is 6.04 Å². The Labute approximate surface area is 143 Å². The van der Waals surface area contributed by atoms with Gasteiger partial charge in [0.1, 0.15) is 6.04 Å². The Morgan fingerprint density at radius 2 is 2.21 bits per heavy atom. The highest BCUT2D eigenvalue weighted by atomic mass is 32.1. The van der Waals surface area contributed by atoms with Gasteiger partial charge in [-0.05, 0) is 38.3 Å². The van der Waals surface area contributed by atoms with E-state index in [4.69, 9.17) is 10.2 Å². The summed E-state index contributed by atoms with van der Waals surface area (Å²) in [7, 11) is 0. The minimum atomic E-state index is -0.564. The molecule has 122 valence electrons. The maximum absolute atomic E-state index is 12.6. The van der Waals surface area contributed by atoms with E-state index < -0.39 is 6.04 Å². The monoisotopic (exact) mass is 339 g/mol. The van der Waals surface area contributed by atoms with Crippen molar-refractivity contribution in [3.05, 3.63) is 35.3 Å². The lowest BCUT2D eigenvalue weighted by molar-refractivity contribution is 0.0949. The van der Waals surface area contributed by atoms with Gasteiger partial charge in [0.15, 0.2) is 5.65 Å². The molecule has 0 spiro atoms. The van der Waals surface area contributed by atoms with E-state index in [1.807, 2.05) is 37.4 Å². The average molecular weight is 339 g/mol. The van der Waals surface area contributed by atoms with Crippen molar-refractivity contribution in [2.75, 3.05) is 0 Å². The zero-order chi connectivity index (χ0) is 17.3. The van der Waals surface area contributed by atoms with E-state index in [-0.39, 0.29) is 11.9 Å². The second kappa shape index (κ2) is 6.42. The van der Waals surface area contributed by atoms with Crippen LogP contribution in [0.2, 0.25) is 0 Å². The summed E-state index contributed by atoms with van der Waals surface area (Å²) in [5.41, 5.74) is 1.89. The number of carbonyl (C=O) groups excluding carboxylic acids is 1. The fourth-order valence-electron chi connectivity index (χ4n) is 2.44. The van der Waals surface area contributed by atoms with Gasteiger partial charge in [-0.2, -0.15) is 10.4 Å². The van der Waals surface area contributed by atoms with Gasteiger partial charge >= 0.3 is 0 Å². The largest absolute Gasteiger partial charge is 0.337 e. The molecule has 0 unspecified atom stereocenters. The number of nitrogens with zero attached hydrogens (tertiary/aromatic N) is 4. The molecule has 0 fully saturated rings. The van der Waals surface area contributed by atoms with Crippen LogP contribution < -0.4 is 5.32 Å². The number of hydrogen-bond donors (Lipinski definition) is 1. The maximum atomic E-state index is 12.6. The molecule has 3 rings (SSSR count).